The lowest BCUT2D eigenvalue weighted by molar-refractivity contribution is -0.120. The molecule has 0 fully saturated rings. The average Bonchev–Trinajstić information content (AvgIpc) is 2.83. The number of carbonyl (C=O) groups is 1. The van der Waals surface area contributed by atoms with E-state index in [1.807, 2.05) is 69.6 Å². The van der Waals surface area contributed by atoms with Crippen LogP contribution in [0.4, 0.5) is 5.69 Å². The van der Waals surface area contributed by atoms with E-state index >= 15 is 0 Å². The van der Waals surface area contributed by atoms with Gasteiger partial charge in [0.1, 0.15) is 11.2 Å². The molecular weight excluding hydrogens is 312 g/mol. The van der Waals surface area contributed by atoms with Crippen LogP contribution in [0.2, 0.25) is 0 Å². The van der Waals surface area contributed by atoms with E-state index in [1.54, 1.807) is 4.90 Å². The van der Waals surface area contributed by atoms with Crippen molar-refractivity contribution in [2.75, 3.05) is 4.90 Å². The largest absolute Gasteiger partial charge is 0.317 e. The first kappa shape index (κ1) is 17.5. The average molecular weight is 335 g/mol. The smallest absolute Gasteiger partial charge is 0.245 e. The maximum absolute atomic E-state index is 12.9. The molecular formula is C17H23ClN4O. The lowest BCUT2D eigenvalue weighted by Gasteiger charge is -2.30. The summed E-state index contributed by atoms with van der Waals surface area (Å²) in [5.74, 6) is 1.39. The Hall–Kier alpha value is -1.88. The lowest BCUT2D eigenvalue weighted by Crippen LogP contribution is -2.42. The highest BCUT2D eigenvalue weighted by atomic mass is 35.5. The molecule has 124 valence electrons. The third kappa shape index (κ3) is 3.91. The highest BCUT2D eigenvalue weighted by Crippen LogP contribution is 2.28. The van der Waals surface area contributed by atoms with E-state index in [9.17, 15) is 4.79 Å². The standard InChI is InChI=1S/C17H23ClN4O/c1-12-19-20-14(21(12)5)11-22(13-9-7-6-8-10-13)16(23)15(18)17(2,3)4/h6-10,15H,11H2,1-5H3. The number of aromatic nitrogens is 3. The van der Waals surface area contributed by atoms with E-state index in [4.69, 9.17) is 11.6 Å². The van der Waals surface area contributed by atoms with E-state index in [1.165, 1.54) is 0 Å². The molecule has 0 radical (unpaired) electrons. The zero-order valence-electron chi connectivity index (χ0n) is 14.2. The zero-order chi connectivity index (χ0) is 17.2. The molecule has 0 aliphatic heterocycles. The van der Waals surface area contributed by atoms with Crippen molar-refractivity contribution in [3.63, 3.8) is 0 Å². The van der Waals surface area contributed by atoms with Crippen LogP contribution in [-0.2, 0) is 18.4 Å². The van der Waals surface area contributed by atoms with Crippen molar-refractivity contribution in [3.05, 3.63) is 42.0 Å². The van der Waals surface area contributed by atoms with Crippen LogP contribution >= 0.6 is 11.6 Å². The highest BCUT2D eigenvalue weighted by Gasteiger charge is 2.33. The Labute approximate surface area is 142 Å². The number of nitrogens with zero attached hydrogens (tertiary/aromatic N) is 4. The number of amides is 1. The number of alkyl halides is 1. The number of aryl methyl sites for hydroxylation is 1. The normalized spacial score (nSPS) is 13.0. The molecule has 1 atom stereocenters. The van der Waals surface area contributed by atoms with Crippen LogP contribution in [0.15, 0.2) is 30.3 Å². The zero-order valence-corrected chi connectivity index (χ0v) is 15.0. The Kier molecular flexibility index (Phi) is 5.09. The fourth-order valence-electron chi connectivity index (χ4n) is 2.14. The highest BCUT2D eigenvalue weighted by molar-refractivity contribution is 6.33. The van der Waals surface area contributed by atoms with Gasteiger partial charge in [0.15, 0.2) is 5.82 Å². The summed E-state index contributed by atoms with van der Waals surface area (Å²) >= 11 is 6.43. The third-order valence-electron chi connectivity index (χ3n) is 3.79. The van der Waals surface area contributed by atoms with Gasteiger partial charge in [0.25, 0.3) is 0 Å². The number of hydrogen-bond acceptors (Lipinski definition) is 3. The van der Waals surface area contributed by atoms with E-state index < -0.39 is 5.38 Å². The van der Waals surface area contributed by atoms with Crippen LogP contribution in [0.3, 0.4) is 0 Å². The monoisotopic (exact) mass is 334 g/mol. The third-order valence-corrected chi connectivity index (χ3v) is 4.63. The predicted octanol–water partition coefficient (Wildman–Crippen LogP) is 3.31. The Balaban J connectivity index is 2.37. The summed E-state index contributed by atoms with van der Waals surface area (Å²) < 4.78 is 1.88. The Morgan fingerprint density at radius 1 is 1.26 bits per heavy atom. The molecule has 1 heterocycles. The summed E-state index contributed by atoms with van der Waals surface area (Å²) in [6.07, 6.45) is 0. The number of hydrogen-bond donors (Lipinski definition) is 0. The quantitative estimate of drug-likeness (QED) is 0.806. The predicted molar refractivity (Wildman–Crippen MR) is 92.5 cm³/mol. The van der Waals surface area contributed by atoms with Crippen molar-refractivity contribution in [2.45, 2.75) is 39.6 Å². The van der Waals surface area contributed by atoms with E-state index in [-0.39, 0.29) is 11.3 Å². The van der Waals surface area contributed by atoms with Crippen molar-refractivity contribution in [1.29, 1.82) is 0 Å². The van der Waals surface area contributed by atoms with Crippen LogP contribution in [0.5, 0.6) is 0 Å². The molecule has 2 aromatic rings. The maximum Gasteiger partial charge on any atom is 0.245 e. The van der Waals surface area contributed by atoms with Gasteiger partial charge in [0.2, 0.25) is 5.91 Å². The van der Waals surface area contributed by atoms with Crippen LogP contribution in [0.25, 0.3) is 0 Å². The second-order valence-corrected chi connectivity index (χ2v) is 7.15. The van der Waals surface area contributed by atoms with E-state index in [2.05, 4.69) is 10.2 Å². The van der Waals surface area contributed by atoms with Gasteiger partial charge in [-0.2, -0.15) is 0 Å². The molecule has 0 spiro atoms. The van der Waals surface area contributed by atoms with Gasteiger partial charge in [0, 0.05) is 12.7 Å². The molecule has 6 heteroatoms. The Morgan fingerprint density at radius 2 is 1.87 bits per heavy atom. The summed E-state index contributed by atoms with van der Waals surface area (Å²) in [6.45, 7) is 8.08. The molecule has 0 saturated carbocycles. The molecule has 0 bridgehead atoms. The van der Waals surface area contributed by atoms with Gasteiger partial charge in [-0.1, -0.05) is 39.0 Å². The summed E-state index contributed by atoms with van der Waals surface area (Å²) in [4.78, 5) is 14.6. The van der Waals surface area contributed by atoms with Crippen molar-refractivity contribution < 1.29 is 4.79 Å². The van der Waals surface area contributed by atoms with Gasteiger partial charge in [-0.3, -0.25) is 4.79 Å². The fourth-order valence-corrected chi connectivity index (χ4v) is 2.26. The number of anilines is 1. The fraction of sp³-hybridized carbons (Fsp3) is 0.471. The van der Waals surface area contributed by atoms with Gasteiger partial charge in [-0.25, -0.2) is 0 Å². The molecule has 2 rings (SSSR count). The van der Waals surface area contributed by atoms with Crippen molar-refractivity contribution in [1.82, 2.24) is 14.8 Å². The summed E-state index contributed by atoms with van der Waals surface area (Å²) in [7, 11) is 1.89. The van der Waals surface area contributed by atoms with Gasteiger partial charge >= 0.3 is 0 Å². The Bertz CT molecular complexity index is 676. The minimum absolute atomic E-state index is 0.133. The molecule has 0 saturated heterocycles. The molecule has 0 aliphatic carbocycles. The topological polar surface area (TPSA) is 51.0 Å². The van der Waals surface area contributed by atoms with E-state index in [0.29, 0.717) is 6.54 Å². The number of halogens is 1. The van der Waals surface area contributed by atoms with Crippen molar-refractivity contribution in [3.8, 4) is 0 Å². The molecule has 1 amide bonds. The SMILES string of the molecule is Cc1nnc(CN(C(=O)C(Cl)C(C)(C)C)c2ccccc2)n1C. The molecule has 0 N–H and O–H groups in total. The Morgan fingerprint density at radius 3 is 2.35 bits per heavy atom. The van der Waals surface area contributed by atoms with Crippen LogP contribution < -0.4 is 4.90 Å². The van der Waals surface area contributed by atoms with Gasteiger partial charge in [-0.15, -0.1) is 21.8 Å². The number of carbonyl (C=O) groups excluding carboxylic acids is 1. The van der Waals surface area contributed by atoms with Crippen molar-refractivity contribution >= 4 is 23.2 Å². The van der Waals surface area contributed by atoms with E-state index in [0.717, 1.165) is 17.3 Å². The molecule has 1 aromatic heterocycles. The molecule has 1 unspecified atom stereocenters. The van der Waals surface area contributed by atoms with Crippen molar-refractivity contribution in [2.24, 2.45) is 12.5 Å². The van der Waals surface area contributed by atoms with Crippen LogP contribution in [-0.4, -0.2) is 26.0 Å². The summed E-state index contributed by atoms with van der Waals surface area (Å²) in [5, 5.41) is 7.59. The van der Waals surface area contributed by atoms with Gasteiger partial charge in [0.05, 0.1) is 6.54 Å². The minimum Gasteiger partial charge on any atom is -0.317 e. The van der Waals surface area contributed by atoms with Crippen LogP contribution in [0, 0.1) is 12.3 Å². The molecule has 5 nitrogen and oxygen atoms in total. The second-order valence-electron chi connectivity index (χ2n) is 6.71. The molecule has 23 heavy (non-hydrogen) atoms. The first-order valence-electron chi connectivity index (χ1n) is 7.57. The summed E-state index contributed by atoms with van der Waals surface area (Å²) in [5.41, 5.74) is 0.467. The first-order valence-corrected chi connectivity index (χ1v) is 8.01. The van der Waals surface area contributed by atoms with Crippen LogP contribution in [0.1, 0.15) is 32.4 Å². The minimum atomic E-state index is -0.628. The number of para-hydroxylation sites is 1. The molecule has 0 aliphatic rings. The number of benzene rings is 1. The molecule has 1 aromatic carbocycles. The summed E-state index contributed by atoms with van der Waals surface area (Å²) in [6, 6.07) is 9.51. The number of rotatable bonds is 4. The first-order chi connectivity index (χ1) is 10.7. The lowest BCUT2D eigenvalue weighted by atomic mass is 9.91. The van der Waals surface area contributed by atoms with Gasteiger partial charge < -0.3 is 9.47 Å². The maximum atomic E-state index is 12.9. The second kappa shape index (κ2) is 6.71. The van der Waals surface area contributed by atoms with Gasteiger partial charge in [-0.05, 0) is 24.5 Å².